The van der Waals surface area contributed by atoms with Gasteiger partial charge in [-0.2, -0.15) is 6.42 Å². The molecule has 1 aliphatic heterocycles. The summed E-state index contributed by atoms with van der Waals surface area (Å²) in [4.78, 5) is 4.63. The fourth-order valence-corrected chi connectivity index (χ4v) is 2.84. The summed E-state index contributed by atoms with van der Waals surface area (Å²) >= 11 is 0. The maximum atomic E-state index is 5.63. The van der Waals surface area contributed by atoms with Crippen molar-refractivity contribution in [1.29, 1.82) is 0 Å². The summed E-state index contributed by atoms with van der Waals surface area (Å²) in [6.07, 6.45) is 13.6. The number of hydrogen-bond donors (Lipinski definition) is 0. The molecule has 1 heterocycles. The topological polar surface area (TPSA) is 21.6 Å². The second kappa shape index (κ2) is 11.2. The van der Waals surface area contributed by atoms with Gasteiger partial charge in [0.25, 0.3) is 0 Å². The first-order valence-corrected chi connectivity index (χ1v) is 7.81. The van der Waals surface area contributed by atoms with Crippen molar-refractivity contribution in [1.82, 2.24) is 0 Å². The van der Waals surface area contributed by atoms with Crippen LogP contribution in [0.3, 0.4) is 0 Å². The number of nitrogens with zero attached hydrogens (tertiary/aromatic N) is 1. The van der Waals surface area contributed by atoms with E-state index in [1.807, 2.05) is 0 Å². The molecule has 3 aliphatic rings. The van der Waals surface area contributed by atoms with Crippen LogP contribution in [0.25, 0.3) is 0 Å². The second-order valence-corrected chi connectivity index (χ2v) is 6.13. The third kappa shape index (κ3) is 6.57. The van der Waals surface area contributed by atoms with Crippen LogP contribution >= 0.6 is 0 Å². The molecule has 0 aromatic carbocycles. The standard InChI is InChI=1S/C11H18NO.C5H10.Fe.Li/c1-8(2)10-7-13-11(12-10)9-5-3-4-6-9;1-2-4-5-3-1;;/h5,8-10H,3-4,6-7H2,1-2H3;1-5H2;;/q-1;;+2;+1/t9?,10-;;;/m1.../s1. The van der Waals surface area contributed by atoms with Crippen LogP contribution in [-0.4, -0.2) is 18.5 Å². The molecule has 0 aromatic rings. The summed E-state index contributed by atoms with van der Waals surface area (Å²) in [5, 5.41) is 0. The molecule has 0 saturated heterocycles. The monoisotopic (exact) mass is 313 g/mol. The minimum atomic E-state index is 0. The predicted octanol–water partition coefficient (Wildman–Crippen LogP) is 1.40. The molecule has 110 valence electrons. The van der Waals surface area contributed by atoms with Crippen LogP contribution in [0.1, 0.15) is 65.2 Å². The zero-order valence-electron chi connectivity index (χ0n) is 13.4. The van der Waals surface area contributed by atoms with Gasteiger partial charge >= 0.3 is 35.9 Å². The molecule has 2 aliphatic carbocycles. The Morgan fingerprint density at radius 1 is 1.10 bits per heavy atom. The van der Waals surface area contributed by atoms with Crippen molar-refractivity contribution in [3.05, 3.63) is 6.42 Å². The third-order valence-corrected chi connectivity index (χ3v) is 4.20. The molecule has 2 saturated carbocycles. The molecule has 4 heteroatoms. The number of hydrogen-bond acceptors (Lipinski definition) is 2. The minimum Gasteiger partial charge on any atom is -0.481 e. The average molecular weight is 313 g/mol. The largest absolute Gasteiger partial charge is 2.00 e. The molecule has 2 fully saturated rings. The van der Waals surface area contributed by atoms with Crippen molar-refractivity contribution in [3.63, 3.8) is 0 Å². The Balaban J connectivity index is 0.000000443. The molecule has 3 rings (SSSR count). The van der Waals surface area contributed by atoms with Gasteiger partial charge in [0, 0.05) is 0 Å². The smallest absolute Gasteiger partial charge is 0.481 e. The van der Waals surface area contributed by atoms with E-state index >= 15 is 0 Å². The fraction of sp³-hybridized carbons (Fsp3) is 0.875. The normalized spacial score (nSPS) is 27.9. The van der Waals surface area contributed by atoms with Gasteiger partial charge in [-0.05, 0) is 5.92 Å². The van der Waals surface area contributed by atoms with Gasteiger partial charge in [-0.1, -0.05) is 64.7 Å². The summed E-state index contributed by atoms with van der Waals surface area (Å²) in [7, 11) is 0. The SMILES string of the molecule is C1CCCC1.CC(C)[C@H]1COC(C2[CH-]CCC2)=N1.[Fe+2].[Li+]. The minimum absolute atomic E-state index is 0. The van der Waals surface area contributed by atoms with Gasteiger partial charge in [0.05, 0.1) is 6.04 Å². The van der Waals surface area contributed by atoms with Gasteiger partial charge in [0.15, 0.2) is 5.90 Å². The quantitative estimate of drug-likeness (QED) is 0.558. The van der Waals surface area contributed by atoms with Crippen molar-refractivity contribution < 1.29 is 40.7 Å². The van der Waals surface area contributed by atoms with Crippen LogP contribution in [0.15, 0.2) is 4.99 Å². The molecule has 2 nitrogen and oxygen atoms in total. The van der Waals surface area contributed by atoms with Crippen LogP contribution in [-0.2, 0) is 21.8 Å². The summed E-state index contributed by atoms with van der Waals surface area (Å²) in [5.41, 5.74) is 0. The van der Waals surface area contributed by atoms with E-state index in [-0.39, 0.29) is 35.9 Å². The van der Waals surface area contributed by atoms with Crippen LogP contribution in [0, 0.1) is 18.3 Å². The van der Waals surface area contributed by atoms with Crippen LogP contribution in [0.5, 0.6) is 0 Å². The maximum Gasteiger partial charge on any atom is 2.00 e. The van der Waals surface area contributed by atoms with E-state index < -0.39 is 0 Å². The van der Waals surface area contributed by atoms with Crippen molar-refractivity contribution in [3.8, 4) is 0 Å². The molecule has 0 radical (unpaired) electrons. The zero-order chi connectivity index (χ0) is 12.8. The molecule has 0 spiro atoms. The molecular weight excluding hydrogens is 285 g/mol. The van der Waals surface area contributed by atoms with E-state index in [2.05, 4.69) is 25.3 Å². The van der Waals surface area contributed by atoms with Crippen molar-refractivity contribution >= 4 is 5.90 Å². The van der Waals surface area contributed by atoms with Gasteiger partial charge in [-0.25, -0.2) is 0 Å². The first-order valence-electron chi connectivity index (χ1n) is 7.81. The zero-order valence-corrected chi connectivity index (χ0v) is 14.5. The van der Waals surface area contributed by atoms with E-state index in [4.69, 9.17) is 4.74 Å². The first-order chi connectivity index (χ1) is 8.77. The number of aliphatic imine (C=N–C) groups is 1. The van der Waals surface area contributed by atoms with E-state index in [9.17, 15) is 0 Å². The molecule has 1 unspecified atom stereocenters. The molecule has 20 heavy (non-hydrogen) atoms. The summed E-state index contributed by atoms with van der Waals surface area (Å²) < 4.78 is 5.63. The first kappa shape index (κ1) is 20.6. The third-order valence-electron chi connectivity index (χ3n) is 4.20. The Kier molecular flexibility index (Phi) is 11.5. The summed E-state index contributed by atoms with van der Waals surface area (Å²) in [6.45, 7) is 5.22. The Labute approximate surface area is 147 Å². The van der Waals surface area contributed by atoms with E-state index in [1.165, 1.54) is 51.4 Å². The Hall–Kier alpha value is 0.587. The van der Waals surface area contributed by atoms with Gasteiger partial charge in [0.1, 0.15) is 6.61 Å². The average Bonchev–Trinajstić information content (AvgIpc) is 3.14. The summed E-state index contributed by atoms with van der Waals surface area (Å²) in [6, 6.07) is 0.406. The van der Waals surface area contributed by atoms with Gasteiger partial charge < -0.3 is 11.2 Å². The molecule has 0 aromatic heterocycles. The van der Waals surface area contributed by atoms with Crippen molar-refractivity contribution in [2.75, 3.05) is 6.61 Å². The van der Waals surface area contributed by atoms with Crippen LogP contribution < -0.4 is 18.9 Å². The summed E-state index contributed by atoms with van der Waals surface area (Å²) in [5.74, 6) is 2.15. The Morgan fingerprint density at radius 3 is 2.10 bits per heavy atom. The Morgan fingerprint density at radius 2 is 1.70 bits per heavy atom. The van der Waals surface area contributed by atoms with E-state index in [0.717, 1.165) is 12.5 Å². The molecule has 0 bridgehead atoms. The number of rotatable bonds is 2. The second-order valence-electron chi connectivity index (χ2n) is 6.13. The van der Waals surface area contributed by atoms with Gasteiger partial charge in [-0.15, -0.1) is 0 Å². The number of ether oxygens (including phenoxy) is 1. The molecule has 0 amide bonds. The molecular formula is C16H28FeLiNO+2. The molecule has 2 atom stereocenters. The fourth-order valence-electron chi connectivity index (χ4n) is 2.84. The van der Waals surface area contributed by atoms with Crippen molar-refractivity contribution in [2.24, 2.45) is 16.8 Å². The Bertz CT molecular complexity index is 266. The van der Waals surface area contributed by atoms with E-state index in [1.54, 1.807) is 0 Å². The predicted molar refractivity (Wildman–Crippen MR) is 76.7 cm³/mol. The molecule has 0 N–H and O–H groups in total. The van der Waals surface area contributed by atoms with Gasteiger partial charge in [-0.3, -0.25) is 4.99 Å². The van der Waals surface area contributed by atoms with Crippen molar-refractivity contribution in [2.45, 2.75) is 71.3 Å². The van der Waals surface area contributed by atoms with Gasteiger partial charge in [0.2, 0.25) is 0 Å². The van der Waals surface area contributed by atoms with Crippen LogP contribution in [0.4, 0.5) is 0 Å². The van der Waals surface area contributed by atoms with Crippen LogP contribution in [0.2, 0.25) is 0 Å². The van der Waals surface area contributed by atoms with E-state index in [0.29, 0.717) is 17.9 Å². The maximum absolute atomic E-state index is 5.63.